The van der Waals surface area contributed by atoms with E-state index in [1.807, 2.05) is 0 Å². The number of alkyl halides is 1. The zero-order valence-corrected chi connectivity index (χ0v) is 7.18. The van der Waals surface area contributed by atoms with Crippen LogP contribution in [0.15, 0.2) is 24.3 Å². The van der Waals surface area contributed by atoms with Gasteiger partial charge in [-0.3, -0.25) is 0 Å². The normalized spacial score (nSPS) is 12.1. The average molecular weight is 200 g/mol. The number of hydrogen-bond donors (Lipinski definition) is 2. The second-order valence-electron chi connectivity index (χ2n) is 2.57. The maximum Gasteiger partial charge on any atom is 0.378 e. The summed E-state index contributed by atoms with van der Waals surface area (Å²) in [7, 11) is 0. The maximum absolute atomic E-state index is 12.5. The van der Waals surface area contributed by atoms with Crippen LogP contribution in [0.1, 0.15) is 5.56 Å². The number of aliphatic carboxylic acids is 1. The number of aliphatic hydroxyl groups excluding tert-OH is 1. The fourth-order valence-electron chi connectivity index (χ4n) is 0.843. The van der Waals surface area contributed by atoms with Crippen molar-refractivity contribution >= 4 is 5.97 Å². The highest BCUT2D eigenvalue weighted by Gasteiger charge is 2.16. The predicted molar refractivity (Wildman–Crippen MR) is 45.5 cm³/mol. The van der Waals surface area contributed by atoms with Crippen LogP contribution in [0.5, 0.6) is 5.75 Å². The van der Waals surface area contributed by atoms with E-state index in [0.717, 1.165) is 0 Å². The number of aliphatic hydroxyl groups is 1. The van der Waals surface area contributed by atoms with Gasteiger partial charge in [0, 0.05) is 0 Å². The molecule has 0 fully saturated rings. The van der Waals surface area contributed by atoms with Crippen molar-refractivity contribution in [2.75, 3.05) is 0 Å². The van der Waals surface area contributed by atoms with Gasteiger partial charge in [-0.25, -0.2) is 4.79 Å². The molecule has 0 aromatic heterocycles. The number of carbonyl (C=O) groups is 1. The first-order valence-corrected chi connectivity index (χ1v) is 3.87. The molecule has 0 radical (unpaired) electrons. The second kappa shape index (κ2) is 4.57. The Labute approximate surface area is 79.6 Å². The summed E-state index contributed by atoms with van der Waals surface area (Å²) < 4.78 is 16.9. The zero-order valence-electron chi connectivity index (χ0n) is 7.18. The first-order chi connectivity index (χ1) is 6.63. The second-order valence-corrected chi connectivity index (χ2v) is 2.57. The molecule has 5 heteroatoms. The highest BCUT2D eigenvalue weighted by atomic mass is 19.1. The van der Waals surface area contributed by atoms with E-state index in [1.54, 1.807) is 0 Å². The van der Waals surface area contributed by atoms with E-state index in [-0.39, 0.29) is 12.4 Å². The van der Waals surface area contributed by atoms with Gasteiger partial charge in [0.15, 0.2) is 0 Å². The number of carboxylic acids is 1. The van der Waals surface area contributed by atoms with E-state index in [0.29, 0.717) is 5.56 Å². The summed E-state index contributed by atoms with van der Waals surface area (Å²) in [6.07, 6.45) is -2.37. The Kier molecular flexibility index (Phi) is 3.41. The number of benzene rings is 1. The summed E-state index contributed by atoms with van der Waals surface area (Å²) in [5.41, 5.74) is 0.642. The summed E-state index contributed by atoms with van der Waals surface area (Å²) in [6.45, 7) is -0.127. The lowest BCUT2D eigenvalue weighted by atomic mass is 10.2. The lowest BCUT2D eigenvalue weighted by molar-refractivity contribution is -0.153. The van der Waals surface area contributed by atoms with Gasteiger partial charge in [0.2, 0.25) is 0 Å². The molecule has 0 aliphatic carbocycles. The number of ether oxygens (including phenoxy) is 1. The molecule has 2 N–H and O–H groups in total. The van der Waals surface area contributed by atoms with Gasteiger partial charge < -0.3 is 14.9 Å². The third-order valence-corrected chi connectivity index (χ3v) is 1.54. The van der Waals surface area contributed by atoms with Crippen molar-refractivity contribution in [1.82, 2.24) is 0 Å². The highest BCUT2D eigenvalue weighted by molar-refractivity contribution is 5.70. The highest BCUT2D eigenvalue weighted by Crippen LogP contribution is 2.14. The van der Waals surface area contributed by atoms with Gasteiger partial charge in [-0.2, -0.15) is 4.39 Å². The molecule has 1 unspecified atom stereocenters. The minimum absolute atomic E-state index is 0.108. The Hall–Kier alpha value is -1.62. The summed E-state index contributed by atoms with van der Waals surface area (Å²) in [6, 6.07) is 5.82. The van der Waals surface area contributed by atoms with E-state index in [9.17, 15) is 9.18 Å². The van der Waals surface area contributed by atoms with Gasteiger partial charge in [-0.1, -0.05) is 12.1 Å². The van der Waals surface area contributed by atoms with Gasteiger partial charge in [-0.05, 0) is 17.7 Å². The Bertz CT molecular complexity index is 309. The molecule has 0 saturated heterocycles. The van der Waals surface area contributed by atoms with E-state index >= 15 is 0 Å². The third-order valence-electron chi connectivity index (χ3n) is 1.54. The van der Waals surface area contributed by atoms with Crippen molar-refractivity contribution in [3.63, 3.8) is 0 Å². The van der Waals surface area contributed by atoms with Gasteiger partial charge in [-0.15, -0.1) is 0 Å². The van der Waals surface area contributed by atoms with Crippen LogP contribution < -0.4 is 4.74 Å². The van der Waals surface area contributed by atoms with Crippen LogP contribution in [0.4, 0.5) is 4.39 Å². The first kappa shape index (κ1) is 10.5. The van der Waals surface area contributed by atoms with Crippen LogP contribution in [0, 0.1) is 0 Å². The smallest absolute Gasteiger partial charge is 0.378 e. The lowest BCUT2D eigenvalue weighted by Gasteiger charge is -2.07. The summed E-state index contributed by atoms with van der Waals surface area (Å²) in [5.74, 6) is -1.56. The first-order valence-electron chi connectivity index (χ1n) is 3.87. The Morgan fingerprint density at radius 3 is 2.43 bits per heavy atom. The van der Waals surface area contributed by atoms with Crippen LogP contribution >= 0.6 is 0 Å². The molecule has 1 aromatic rings. The molecule has 0 spiro atoms. The molecule has 14 heavy (non-hydrogen) atoms. The molecule has 1 rings (SSSR count). The van der Waals surface area contributed by atoms with E-state index < -0.39 is 12.3 Å². The van der Waals surface area contributed by atoms with Crippen molar-refractivity contribution in [3.8, 4) is 5.75 Å². The van der Waals surface area contributed by atoms with Crippen LogP contribution in [0.25, 0.3) is 0 Å². The molecule has 0 aliphatic rings. The molecule has 1 aromatic carbocycles. The summed E-state index contributed by atoms with van der Waals surface area (Å²) >= 11 is 0. The molecular weight excluding hydrogens is 191 g/mol. The maximum atomic E-state index is 12.5. The van der Waals surface area contributed by atoms with Gasteiger partial charge in [0.05, 0.1) is 6.61 Å². The molecule has 4 nitrogen and oxygen atoms in total. The summed E-state index contributed by atoms with van der Waals surface area (Å²) in [4.78, 5) is 10.1. The van der Waals surface area contributed by atoms with Crippen LogP contribution in [-0.4, -0.2) is 22.5 Å². The van der Waals surface area contributed by atoms with Crippen LogP contribution in [0.2, 0.25) is 0 Å². The Morgan fingerprint density at radius 1 is 1.43 bits per heavy atom. The van der Waals surface area contributed by atoms with Gasteiger partial charge in [0.25, 0.3) is 0 Å². The minimum Gasteiger partial charge on any atom is -0.476 e. The SMILES string of the molecule is O=C(O)C(F)Oc1ccc(CO)cc1. The number of carboxylic acid groups (broad SMARTS) is 1. The predicted octanol–water partition coefficient (Wildman–Crippen LogP) is 0.938. The number of halogens is 1. The molecule has 0 heterocycles. The average Bonchev–Trinajstić information content (AvgIpc) is 2.19. The lowest BCUT2D eigenvalue weighted by Crippen LogP contribution is -2.21. The minimum atomic E-state index is -2.37. The topological polar surface area (TPSA) is 66.8 Å². The van der Waals surface area contributed by atoms with Gasteiger partial charge in [0.1, 0.15) is 5.75 Å². The molecule has 76 valence electrons. The summed E-state index contributed by atoms with van der Waals surface area (Å²) in [5, 5.41) is 16.9. The van der Waals surface area contributed by atoms with Crippen LogP contribution in [0.3, 0.4) is 0 Å². The van der Waals surface area contributed by atoms with Crippen molar-refractivity contribution < 1.29 is 24.1 Å². The molecule has 0 saturated carbocycles. The molecule has 0 amide bonds. The molecule has 0 aliphatic heterocycles. The Morgan fingerprint density at radius 2 is 2.00 bits per heavy atom. The number of rotatable bonds is 4. The third kappa shape index (κ3) is 2.70. The Balaban J connectivity index is 2.64. The van der Waals surface area contributed by atoms with Crippen molar-refractivity contribution in [3.05, 3.63) is 29.8 Å². The van der Waals surface area contributed by atoms with E-state index in [1.165, 1.54) is 24.3 Å². The van der Waals surface area contributed by atoms with Crippen molar-refractivity contribution in [2.45, 2.75) is 13.0 Å². The zero-order chi connectivity index (χ0) is 10.6. The molecule has 1 atom stereocenters. The molecular formula is C9H9FO4. The van der Waals surface area contributed by atoms with E-state index in [4.69, 9.17) is 10.2 Å². The number of hydrogen-bond acceptors (Lipinski definition) is 3. The molecule has 0 bridgehead atoms. The fourth-order valence-corrected chi connectivity index (χ4v) is 0.843. The van der Waals surface area contributed by atoms with Crippen LogP contribution in [-0.2, 0) is 11.4 Å². The standard InChI is InChI=1S/C9H9FO4/c10-8(9(12)13)14-7-3-1-6(5-11)2-4-7/h1-4,8,11H,5H2,(H,12,13). The van der Waals surface area contributed by atoms with E-state index in [2.05, 4.69) is 4.74 Å². The van der Waals surface area contributed by atoms with Crippen molar-refractivity contribution in [1.29, 1.82) is 0 Å². The van der Waals surface area contributed by atoms with Crippen molar-refractivity contribution in [2.24, 2.45) is 0 Å². The largest absolute Gasteiger partial charge is 0.476 e. The fraction of sp³-hybridized carbons (Fsp3) is 0.222. The quantitative estimate of drug-likeness (QED) is 0.758. The van der Waals surface area contributed by atoms with Gasteiger partial charge >= 0.3 is 12.3 Å². The monoisotopic (exact) mass is 200 g/mol.